The van der Waals surface area contributed by atoms with E-state index in [1.807, 2.05) is 13.8 Å². The van der Waals surface area contributed by atoms with Crippen LogP contribution in [0.15, 0.2) is 24.3 Å². The van der Waals surface area contributed by atoms with Gasteiger partial charge in [-0.2, -0.15) is 0 Å². The Morgan fingerprint density at radius 2 is 2.00 bits per heavy atom. The van der Waals surface area contributed by atoms with E-state index in [9.17, 15) is 14.4 Å². The Balaban J connectivity index is 1.88. The quantitative estimate of drug-likeness (QED) is 0.813. The number of benzene rings is 1. The van der Waals surface area contributed by atoms with Gasteiger partial charge in [0.2, 0.25) is 5.91 Å². The zero-order valence-electron chi connectivity index (χ0n) is 13.5. The number of hydrogen-bond donors (Lipinski definition) is 1. The Hall–Kier alpha value is -2.37. The Morgan fingerprint density at radius 3 is 2.57 bits per heavy atom. The van der Waals surface area contributed by atoms with Crippen LogP contribution in [0.4, 0.5) is 5.69 Å². The Kier molecular flexibility index (Phi) is 5.73. The van der Waals surface area contributed by atoms with Crippen LogP contribution in [0.5, 0.6) is 0 Å². The average Bonchev–Trinajstić information content (AvgIpc) is 2.98. The molecule has 0 radical (unpaired) electrons. The van der Waals surface area contributed by atoms with Crippen LogP contribution in [0.2, 0.25) is 0 Å². The number of rotatable bonds is 6. The maximum Gasteiger partial charge on any atom is 0.338 e. The van der Waals surface area contributed by atoms with Crippen molar-refractivity contribution in [1.29, 1.82) is 0 Å². The van der Waals surface area contributed by atoms with Gasteiger partial charge in [0, 0.05) is 24.7 Å². The van der Waals surface area contributed by atoms with E-state index in [0.29, 0.717) is 18.5 Å². The SMILES string of the molecule is CC[C@@H](C)NC(=O)COC(=O)c1ccc(N2CCCC2=O)cc1. The number of nitrogens with zero attached hydrogens (tertiary/aromatic N) is 1. The molecule has 0 spiro atoms. The van der Waals surface area contributed by atoms with Gasteiger partial charge in [0.05, 0.1) is 5.56 Å². The summed E-state index contributed by atoms with van der Waals surface area (Å²) in [6, 6.07) is 6.71. The molecule has 6 heteroatoms. The van der Waals surface area contributed by atoms with Crippen LogP contribution in [0.3, 0.4) is 0 Å². The van der Waals surface area contributed by atoms with Crippen LogP contribution in [-0.2, 0) is 14.3 Å². The first kappa shape index (κ1) is 17.0. The van der Waals surface area contributed by atoms with Crippen molar-refractivity contribution in [3.8, 4) is 0 Å². The number of nitrogens with one attached hydrogen (secondary N) is 1. The third-order valence-electron chi connectivity index (χ3n) is 3.84. The molecule has 1 aliphatic heterocycles. The van der Waals surface area contributed by atoms with Crippen LogP contribution in [-0.4, -0.2) is 37.0 Å². The summed E-state index contributed by atoms with van der Waals surface area (Å²) in [5, 5.41) is 2.73. The van der Waals surface area contributed by atoms with Crippen LogP contribution in [0.25, 0.3) is 0 Å². The molecule has 23 heavy (non-hydrogen) atoms. The molecule has 0 bridgehead atoms. The number of carbonyl (C=O) groups is 3. The van der Waals surface area contributed by atoms with Gasteiger partial charge in [-0.3, -0.25) is 9.59 Å². The molecule has 1 aliphatic rings. The third kappa shape index (κ3) is 4.55. The molecule has 2 amide bonds. The molecule has 1 atom stereocenters. The second-order valence-electron chi connectivity index (χ2n) is 5.65. The van der Waals surface area contributed by atoms with Crippen LogP contribution >= 0.6 is 0 Å². The Labute approximate surface area is 135 Å². The van der Waals surface area contributed by atoms with E-state index < -0.39 is 5.97 Å². The summed E-state index contributed by atoms with van der Waals surface area (Å²) in [4.78, 5) is 36.9. The highest BCUT2D eigenvalue weighted by Gasteiger charge is 2.21. The molecule has 124 valence electrons. The fourth-order valence-electron chi connectivity index (χ4n) is 2.33. The lowest BCUT2D eigenvalue weighted by atomic mass is 10.2. The lowest BCUT2D eigenvalue weighted by molar-refractivity contribution is -0.124. The van der Waals surface area contributed by atoms with Crippen molar-refractivity contribution >= 4 is 23.5 Å². The first-order valence-corrected chi connectivity index (χ1v) is 7.88. The Morgan fingerprint density at radius 1 is 1.30 bits per heavy atom. The molecule has 1 saturated heterocycles. The molecule has 0 unspecified atom stereocenters. The minimum Gasteiger partial charge on any atom is -0.452 e. The summed E-state index contributed by atoms with van der Waals surface area (Å²) >= 11 is 0. The van der Waals surface area contributed by atoms with Gasteiger partial charge in [0.25, 0.3) is 5.91 Å². The molecule has 2 rings (SSSR count). The van der Waals surface area contributed by atoms with Gasteiger partial charge in [-0.15, -0.1) is 0 Å². The van der Waals surface area contributed by atoms with E-state index in [-0.39, 0.29) is 24.5 Å². The molecule has 1 N–H and O–H groups in total. The first-order chi connectivity index (χ1) is 11.0. The fraction of sp³-hybridized carbons (Fsp3) is 0.471. The predicted molar refractivity (Wildman–Crippen MR) is 86.2 cm³/mol. The van der Waals surface area contributed by atoms with Gasteiger partial charge in [0.1, 0.15) is 0 Å². The summed E-state index contributed by atoms with van der Waals surface area (Å²) in [6.07, 6.45) is 2.24. The van der Waals surface area contributed by atoms with Gasteiger partial charge >= 0.3 is 5.97 Å². The maximum absolute atomic E-state index is 11.9. The molecule has 6 nitrogen and oxygen atoms in total. The minimum absolute atomic E-state index is 0.0542. The van der Waals surface area contributed by atoms with Gasteiger partial charge in [-0.05, 0) is 44.0 Å². The summed E-state index contributed by atoms with van der Waals surface area (Å²) < 4.78 is 4.99. The molecule has 1 aromatic rings. The number of carbonyl (C=O) groups excluding carboxylic acids is 3. The standard InChI is InChI=1S/C17H22N2O4/c1-3-12(2)18-15(20)11-23-17(22)13-6-8-14(9-7-13)19-10-4-5-16(19)21/h6-9,12H,3-5,10-11H2,1-2H3,(H,18,20)/t12-/m1/s1. The molecule has 0 saturated carbocycles. The molecule has 0 aliphatic carbocycles. The van der Waals surface area contributed by atoms with E-state index in [1.165, 1.54) is 0 Å². The van der Waals surface area contributed by atoms with E-state index >= 15 is 0 Å². The lowest BCUT2D eigenvalue weighted by Crippen LogP contribution is -2.35. The molecule has 1 aromatic carbocycles. The topological polar surface area (TPSA) is 75.7 Å². The van der Waals surface area contributed by atoms with Crippen molar-refractivity contribution < 1.29 is 19.1 Å². The third-order valence-corrected chi connectivity index (χ3v) is 3.84. The first-order valence-electron chi connectivity index (χ1n) is 7.88. The Bertz CT molecular complexity index is 583. The van der Waals surface area contributed by atoms with E-state index in [1.54, 1.807) is 29.2 Å². The number of hydrogen-bond acceptors (Lipinski definition) is 4. The molecule has 0 aromatic heterocycles. The van der Waals surface area contributed by atoms with E-state index in [4.69, 9.17) is 4.74 Å². The van der Waals surface area contributed by atoms with Crippen LogP contribution in [0.1, 0.15) is 43.5 Å². The van der Waals surface area contributed by atoms with Crippen molar-refractivity contribution in [2.45, 2.75) is 39.2 Å². The molecule has 1 heterocycles. The van der Waals surface area contributed by atoms with Crippen molar-refractivity contribution in [1.82, 2.24) is 5.32 Å². The molecular weight excluding hydrogens is 296 g/mol. The highest BCUT2D eigenvalue weighted by atomic mass is 16.5. The number of anilines is 1. The maximum atomic E-state index is 11.9. The highest BCUT2D eigenvalue weighted by Crippen LogP contribution is 2.21. The number of amides is 2. The van der Waals surface area contributed by atoms with Gasteiger partial charge in [-0.1, -0.05) is 6.92 Å². The average molecular weight is 318 g/mol. The largest absolute Gasteiger partial charge is 0.452 e. The number of ether oxygens (including phenoxy) is 1. The zero-order valence-corrected chi connectivity index (χ0v) is 13.5. The second-order valence-corrected chi connectivity index (χ2v) is 5.65. The monoisotopic (exact) mass is 318 g/mol. The fourth-order valence-corrected chi connectivity index (χ4v) is 2.33. The summed E-state index contributed by atoms with van der Waals surface area (Å²) in [5.74, 6) is -0.766. The van der Waals surface area contributed by atoms with Crippen LogP contribution in [0, 0.1) is 0 Å². The van der Waals surface area contributed by atoms with Gasteiger partial charge in [-0.25, -0.2) is 4.79 Å². The predicted octanol–water partition coefficient (Wildman–Crippen LogP) is 1.88. The molecule has 1 fully saturated rings. The summed E-state index contributed by atoms with van der Waals surface area (Å²) in [6.45, 7) is 4.26. The zero-order chi connectivity index (χ0) is 16.8. The van der Waals surface area contributed by atoms with Crippen molar-refractivity contribution in [3.05, 3.63) is 29.8 Å². The van der Waals surface area contributed by atoms with Crippen molar-refractivity contribution in [3.63, 3.8) is 0 Å². The summed E-state index contributed by atoms with van der Waals surface area (Å²) in [7, 11) is 0. The lowest BCUT2D eigenvalue weighted by Gasteiger charge is -2.15. The van der Waals surface area contributed by atoms with Crippen LogP contribution < -0.4 is 10.2 Å². The molecular formula is C17H22N2O4. The van der Waals surface area contributed by atoms with E-state index in [2.05, 4.69) is 5.32 Å². The number of esters is 1. The van der Waals surface area contributed by atoms with Gasteiger partial charge in [0.15, 0.2) is 6.61 Å². The van der Waals surface area contributed by atoms with Crippen molar-refractivity contribution in [2.24, 2.45) is 0 Å². The summed E-state index contributed by atoms with van der Waals surface area (Å²) in [5.41, 5.74) is 1.13. The van der Waals surface area contributed by atoms with E-state index in [0.717, 1.165) is 18.5 Å². The smallest absolute Gasteiger partial charge is 0.338 e. The normalized spacial score (nSPS) is 15.4. The minimum atomic E-state index is -0.552. The van der Waals surface area contributed by atoms with Crippen molar-refractivity contribution in [2.75, 3.05) is 18.1 Å². The highest BCUT2D eigenvalue weighted by molar-refractivity contribution is 5.96. The second kappa shape index (κ2) is 7.76. The van der Waals surface area contributed by atoms with Gasteiger partial charge < -0.3 is 15.0 Å².